The molecule has 2 rings (SSSR count). The molecule has 22 heavy (non-hydrogen) atoms. The van der Waals surface area contributed by atoms with Crippen molar-refractivity contribution in [3.63, 3.8) is 0 Å². The molecule has 2 atom stereocenters. The summed E-state index contributed by atoms with van der Waals surface area (Å²) in [5.41, 5.74) is 13.0. The lowest BCUT2D eigenvalue weighted by Gasteiger charge is -2.43. The molecular weight excluding hydrogens is 302 g/mol. The maximum Gasteiger partial charge on any atom is 0.263 e. The summed E-state index contributed by atoms with van der Waals surface area (Å²) in [4.78, 5) is 0. The van der Waals surface area contributed by atoms with Crippen molar-refractivity contribution in [3.8, 4) is 0 Å². The fourth-order valence-corrected chi connectivity index (χ4v) is 5.46. The van der Waals surface area contributed by atoms with Crippen LogP contribution >= 0.6 is 0 Å². The predicted molar refractivity (Wildman–Crippen MR) is 87.5 cm³/mol. The fourth-order valence-electron chi connectivity index (χ4n) is 3.51. The molecule has 1 heterocycles. The van der Waals surface area contributed by atoms with Crippen LogP contribution in [0.25, 0.3) is 0 Å². The molecule has 0 saturated carbocycles. The lowest BCUT2D eigenvalue weighted by Crippen LogP contribution is -2.44. The van der Waals surface area contributed by atoms with Crippen LogP contribution in [0.1, 0.15) is 47.5 Å². The Morgan fingerprint density at radius 3 is 2.45 bits per heavy atom. The molecule has 0 spiro atoms. The first-order chi connectivity index (χ1) is 9.97. The molecule has 0 radical (unpaired) electrons. The first kappa shape index (κ1) is 16.9. The Kier molecular flexibility index (Phi) is 4.06. The van der Waals surface area contributed by atoms with Gasteiger partial charge in [0.05, 0.1) is 5.76 Å². The van der Waals surface area contributed by atoms with Crippen LogP contribution in [0.2, 0.25) is 0 Å². The topological polar surface area (TPSA) is 108 Å². The Morgan fingerprint density at radius 1 is 1.32 bits per heavy atom. The Balaban J connectivity index is 2.72. The summed E-state index contributed by atoms with van der Waals surface area (Å²) < 4.78 is 34.9. The average molecular weight is 327 g/mol. The third-order valence-electron chi connectivity index (χ3n) is 4.66. The number of guanidine groups is 1. The molecule has 2 unspecified atom stereocenters. The number of nitrogens with two attached hydrogens (primary N) is 2. The van der Waals surface area contributed by atoms with Crippen molar-refractivity contribution in [1.29, 1.82) is 0 Å². The molecule has 0 saturated heterocycles. The SMILES string of the molecule is CC1=C(C)C2=C(CCC(C)(C)C2S(=O)(=O)N=C(N)N)C(C)O1. The molecule has 1 aliphatic heterocycles. The van der Waals surface area contributed by atoms with E-state index in [0.717, 1.165) is 35.3 Å². The highest BCUT2D eigenvalue weighted by molar-refractivity contribution is 7.91. The summed E-state index contributed by atoms with van der Waals surface area (Å²) in [5.74, 6) is 0.329. The van der Waals surface area contributed by atoms with Crippen LogP contribution in [0.4, 0.5) is 0 Å². The maximum absolute atomic E-state index is 12.8. The number of hydrogen-bond acceptors (Lipinski definition) is 3. The first-order valence-electron chi connectivity index (χ1n) is 7.39. The molecule has 2 aliphatic rings. The third-order valence-corrected chi connectivity index (χ3v) is 6.60. The van der Waals surface area contributed by atoms with Gasteiger partial charge in [0.2, 0.25) is 5.96 Å². The molecule has 0 bridgehead atoms. The fraction of sp³-hybridized carbons (Fsp3) is 0.667. The standard InChI is InChI=1S/C15H25N3O3S/c1-8-9(2)21-10(3)11-6-7-15(4,5)13(12(8)11)22(19,20)18-14(16)17/h10,13H,6-7H2,1-5H3,(H4,16,17,18). The van der Waals surface area contributed by atoms with Gasteiger partial charge in [0.1, 0.15) is 11.4 Å². The van der Waals surface area contributed by atoms with Gasteiger partial charge in [-0.2, -0.15) is 0 Å². The van der Waals surface area contributed by atoms with E-state index in [1.807, 2.05) is 34.6 Å². The van der Waals surface area contributed by atoms with Crippen LogP contribution in [0.3, 0.4) is 0 Å². The van der Waals surface area contributed by atoms with Crippen molar-refractivity contribution >= 4 is 16.0 Å². The van der Waals surface area contributed by atoms with Gasteiger partial charge in [-0.05, 0) is 55.7 Å². The second-order valence-electron chi connectivity index (χ2n) is 6.78. The van der Waals surface area contributed by atoms with Crippen molar-refractivity contribution in [3.05, 3.63) is 22.5 Å². The Hall–Kier alpha value is -1.50. The lowest BCUT2D eigenvalue weighted by atomic mass is 9.70. The van der Waals surface area contributed by atoms with Gasteiger partial charge in [0, 0.05) is 0 Å². The second-order valence-corrected chi connectivity index (χ2v) is 8.46. The van der Waals surface area contributed by atoms with Crippen molar-refractivity contribution in [2.45, 2.75) is 58.8 Å². The number of rotatable bonds is 2. The van der Waals surface area contributed by atoms with Crippen LogP contribution in [-0.2, 0) is 14.8 Å². The van der Waals surface area contributed by atoms with Gasteiger partial charge in [0.25, 0.3) is 10.0 Å². The molecule has 1 aliphatic carbocycles. The zero-order chi connectivity index (χ0) is 16.9. The number of nitrogens with zero attached hydrogens (tertiary/aromatic N) is 1. The van der Waals surface area contributed by atoms with E-state index in [9.17, 15) is 8.42 Å². The van der Waals surface area contributed by atoms with Gasteiger partial charge < -0.3 is 16.2 Å². The number of hydrogen-bond donors (Lipinski definition) is 2. The summed E-state index contributed by atoms with van der Waals surface area (Å²) >= 11 is 0. The van der Waals surface area contributed by atoms with Crippen LogP contribution in [0.5, 0.6) is 0 Å². The minimum absolute atomic E-state index is 0.119. The summed E-state index contributed by atoms with van der Waals surface area (Å²) in [7, 11) is -3.85. The Labute approximate surface area is 132 Å². The molecular formula is C15H25N3O3S. The molecule has 0 amide bonds. The zero-order valence-corrected chi connectivity index (χ0v) is 14.6. The highest BCUT2D eigenvalue weighted by Gasteiger charge is 2.48. The minimum atomic E-state index is -3.85. The number of sulfonamides is 1. The van der Waals surface area contributed by atoms with Crippen LogP contribution in [0.15, 0.2) is 26.9 Å². The number of allylic oxidation sites excluding steroid dienone is 2. The van der Waals surface area contributed by atoms with E-state index >= 15 is 0 Å². The van der Waals surface area contributed by atoms with E-state index in [2.05, 4.69) is 4.40 Å². The van der Waals surface area contributed by atoms with Gasteiger partial charge in [-0.25, -0.2) is 8.42 Å². The van der Waals surface area contributed by atoms with E-state index in [4.69, 9.17) is 16.2 Å². The average Bonchev–Trinajstić information content (AvgIpc) is 2.32. The van der Waals surface area contributed by atoms with Crippen molar-refractivity contribution < 1.29 is 13.2 Å². The van der Waals surface area contributed by atoms with E-state index in [-0.39, 0.29) is 6.10 Å². The summed E-state index contributed by atoms with van der Waals surface area (Å²) in [6.45, 7) is 9.61. The molecule has 0 aromatic carbocycles. The zero-order valence-electron chi connectivity index (χ0n) is 13.8. The smallest absolute Gasteiger partial charge is 0.263 e. The van der Waals surface area contributed by atoms with Gasteiger partial charge in [-0.15, -0.1) is 4.40 Å². The quantitative estimate of drug-likeness (QED) is 0.594. The Morgan fingerprint density at radius 2 is 1.91 bits per heavy atom. The molecule has 7 heteroatoms. The van der Waals surface area contributed by atoms with Crippen LogP contribution < -0.4 is 11.5 Å². The summed E-state index contributed by atoms with van der Waals surface area (Å²) in [6.07, 6.45) is 1.45. The number of ether oxygens (including phenoxy) is 1. The molecule has 0 fully saturated rings. The van der Waals surface area contributed by atoms with Crippen molar-refractivity contribution in [1.82, 2.24) is 0 Å². The molecule has 4 N–H and O–H groups in total. The van der Waals surface area contributed by atoms with E-state index in [1.54, 1.807) is 0 Å². The molecule has 6 nitrogen and oxygen atoms in total. The maximum atomic E-state index is 12.8. The third kappa shape index (κ3) is 2.74. The van der Waals surface area contributed by atoms with Gasteiger partial charge >= 0.3 is 0 Å². The van der Waals surface area contributed by atoms with Crippen molar-refractivity contribution in [2.24, 2.45) is 21.3 Å². The first-order valence-corrected chi connectivity index (χ1v) is 8.90. The Bertz CT molecular complexity index is 683. The van der Waals surface area contributed by atoms with Crippen LogP contribution in [-0.4, -0.2) is 25.7 Å². The molecule has 0 aromatic rings. The largest absolute Gasteiger partial charge is 0.491 e. The van der Waals surface area contributed by atoms with E-state index in [1.165, 1.54) is 0 Å². The predicted octanol–water partition coefficient (Wildman–Crippen LogP) is 1.79. The second kappa shape index (κ2) is 5.30. The molecule has 0 aromatic heterocycles. The normalized spacial score (nSPS) is 28.0. The van der Waals surface area contributed by atoms with Crippen LogP contribution in [0, 0.1) is 5.41 Å². The monoisotopic (exact) mass is 327 g/mol. The van der Waals surface area contributed by atoms with Crippen molar-refractivity contribution in [2.75, 3.05) is 0 Å². The van der Waals surface area contributed by atoms with E-state index < -0.39 is 26.6 Å². The highest BCUT2D eigenvalue weighted by atomic mass is 32.2. The van der Waals surface area contributed by atoms with Gasteiger partial charge in [-0.1, -0.05) is 13.8 Å². The van der Waals surface area contributed by atoms with Gasteiger partial charge in [0.15, 0.2) is 0 Å². The minimum Gasteiger partial charge on any atom is -0.491 e. The molecule has 124 valence electrons. The highest BCUT2D eigenvalue weighted by Crippen LogP contribution is 2.49. The van der Waals surface area contributed by atoms with E-state index in [0.29, 0.717) is 0 Å². The summed E-state index contributed by atoms with van der Waals surface area (Å²) in [5, 5.41) is -0.757. The van der Waals surface area contributed by atoms with Gasteiger partial charge in [-0.3, -0.25) is 0 Å². The lowest BCUT2D eigenvalue weighted by molar-refractivity contribution is 0.139. The summed E-state index contributed by atoms with van der Waals surface area (Å²) in [6, 6.07) is 0.